The van der Waals surface area contributed by atoms with E-state index in [1.165, 1.54) is 18.3 Å². The third-order valence-electron chi connectivity index (χ3n) is 4.89. The number of rotatable bonds is 7. The second kappa shape index (κ2) is 9.99. The van der Waals surface area contributed by atoms with Gasteiger partial charge in [0.05, 0.1) is 31.1 Å². The Balaban J connectivity index is 1.66. The molecule has 0 radical (unpaired) electrons. The lowest BCUT2D eigenvalue weighted by atomic mass is 10.2. The first-order valence-corrected chi connectivity index (χ1v) is 10.2. The molecule has 0 aliphatic rings. The Morgan fingerprint density at radius 3 is 2.64 bits per heavy atom. The molecule has 0 bridgehead atoms. The van der Waals surface area contributed by atoms with Gasteiger partial charge in [-0.05, 0) is 56.3 Å². The van der Waals surface area contributed by atoms with Crippen LogP contribution in [0.25, 0.3) is 5.69 Å². The quantitative estimate of drug-likeness (QED) is 0.356. The summed E-state index contributed by atoms with van der Waals surface area (Å²) in [5, 5.41) is 7.18. The van der Waals surface area contributed by atoms with E-state index in [0.29, 0.717) is 10.8 Å². The molecule has 2 N–H and O–H groups in total. The number of carbonyl (C=O) groups excluding carboxylic acids is 1. The highest BCUT2D eigenvalue weighted by atomic mass is 35.5. The molecule has 0 saturated carbocycles. The highest BCUT2D eigenvalue weighted by Gasteiger charge is 2.30. The van der Waals surface area contributed by atoms with Crippen molar-refractivity contribution in [3.8, 4) is 11.4 Å². The van der Waals surface area contributed by atoms with Gasteiger partial charge in [-0.2, -0.15) is 18.3 Å². The fourth-order valence-corrected chi connectivity index (χ4v) is 3.49. The second-order valence-electron chi connectivity index (χ2n) is 7.20. The predicted molar refractivity (Wildman–Crippen MR) is 122 cm³/mol. The first-order chi connectivity index (χ1) is 15.6. The van der Waals surface area contributed by atoms with Gasteiger partial charge >= 0.3 is 6.18 Å². The van der Waals surface area contributed by atoms with E-state index in [2.05, 4.69) is 15.8 Å². The zero-order chi connectivity index (χ0) is 24.2. The van der Waals surface area contributed by atoms with Crippen molar-refractivity contribution in [2.45, 2.75) is 20.0 Å². The third kappa shape index (κ3) is 5.87. The summed E-state index contributed by atoms with van der Waals surface area (Å²) >= 11 is 6.15. The highest BCUT2D eigenvalue weighted by molar-refractivity contribution is 6.30. The van der Waals surface area contributed by atoms with Gasteiger partial charge in [-0.1, -0.05) is 17.7 Å². The number of hydrogen-bond donors (Lipinski definition) is 2. The summed E-state index contributed by atoms with van der Waals surface area (Å²) in [6.07, 6.45) is -2.95. The highest BCUT2D eigenvalue weighted by Crippen LogP contribution is 2.31. The molecular weight excluding hydrogens is 457 g/mol. The number of nitrogens with zero attached hydrogens (tertiary/aromatic N) is 2. The predicted octanol–water partition coefficient (Wildman–Crippen LogP) is 5.34. The van der Waals surface area contributed by atoms with Crippen molar-refractivity contribution in [1.82, 2.24) is 9.99 Å². The number of alkyl halides is 3. The largest absolute Gasteiger partial charge is 0.495 e. The van der Waals surface area contributed by atoms with Gasteiger partial charge in [-0.15, -0.1) is 0 Å². The number of hydrazone groups is 1. The van der Waals surface area contributed by atoms with E-state index >= 15 is 0 Å². The number of aryl methyl sites for hydroxylation is 1. The molecule has 0 saturated heterocycles. The molecule has 1 aromatic heterocycles. The molecule has 33 heavy (non-hydrogen) atoms. The minimum absolute atomic E-state index is 0.183. The molecule has 0 fully saturated rings. The molecule has 0 aliphatic carbocycles. The van der Waals surface area contributed by atoms with E-state index in [1.807, 2.05) is 24.5 Å². The van der Waals surface area contributed by atoms with Gasteiger partial charge in [-0.3, -0.25) is 4.79 Å². The minimum Gasteiger partial charge on any atom is -0.495 e. The van der Waals surface area contributed by atoms with E-state index in [-0.39, 0.29) is 12.2 Å². The molecule has 2 aromatic carbocycles. The molecular formula is C23H22ClF3N4O2. The molecule has 3 aromatic rings. The molecule has 10 heteroatoms. The molecule has 0 aliphatic heterocycles. The fraction of sp³-hybridized carbons (Fsp3) is 0.217. The molecule has 0 spiro atoms. The van der Waals surface area contributed by atoms with Crippen molar-refractivity contribution < 1.29 is 22.7 Å². The van der Waals surface area contributed by atoms with Gasteiger partial charge in [0.1, 0.15) is 5.75 Å². The van der Waals surface area contributed by atoms with Gasteiger partial charge < -0.3 is 14.6 Å². The van der Waals surface area contributed by atoms with Gasteiger partial charge in [0, 0.05) is 27.7 Å². The lowest BCUT2D eigenvalue weighted by Crippen LogP contribution is -2.26. The number of ether oxygens (including phenoxy) is 1. The molecule has 1 heterocycles. The van der Waals surface area contributed by atoms with Crippen LogP contribution in [0.3, 0.4) is 0 Å². The van der Waals surface area contributed by atoms with Crippen LogP contribution in [-0.2, 0) is 11.0 Å². The molecule has 3 rings (SSSR count). The minimum atomic E-state index is -4.45. The van der Waals surface area contributed by atoms with Crippen LogP contribution >= 0.6 is 11.6 Å². The molecule has 174 valence electrons. The van der Waals surface area contributed by atoms with Crippen LogP contribution in [0.2, 0.25) is 5.02 Å². The molecule has 6 nitrogen and oxygen atoms in total. The van der Waals surface area contributed by atoms with Crippen LogP contribution in [0.4, 0.5) is 18.9 Å². The average molecular weight is 479 g/mol. The Morgan fingerprint density at radius 2 is 1.94 bits per heavy atom. The van der Waals surface area contributed by atoms with Gasteiger partial charge in [0.2, 0.25) is 0 Å². The molecule has 1 amide bonds. The van der Waals surface area contributed by atoms with Crippen molar-refractivity contribution in [3.05, 3.63) is 76.1 Å². The number of methoxy groups -OCH3 is 1. The van der Waals surface area contributed by atoms with E-state index in [9.17, 15) is 18.0 Å². The van der Waals surface area contributed by atoms with Crippen molar-refractivity contribution in [2.24, 2.45) is 5.10 Å². The standard InChI is InChI=1S/C23H22ClF3N4O2/c1-14-9-16(15(2)31(14)20-11-18(24)7-8-21(20)33-3)12-29-30-22(32)13-28-19-6-4-5-17(10-19)23(25,26)27/h4-12,28H,13H2,1-3H3,(H,30,32)/b29-12-. The first-order valence-electron chi connectivity index (χ1n) is 9.86. The Labute approximate surface area is 194 Å². The maximum absolute atomic E-state index is 12.8. The zero-order valence-corrected chi connectivity index (χ0v) is 18.9. The van der Waals surface area contributed by atoms with Crippen LogP contribution in [0.5, 0.6) is 5.75 Å². The Kier molecular flexibility index (Phi) is 7.33. The van der Waals surface area contributed by atoms with E-state index < -0.39 is 17.6 Å². The fourth-order valence-electron chi connectivity index (χ4n) is 3.33. The number of halogens is 4. The summed E-state index contributed by atoms with van der Waals surface area (Å²) in [6.45, 7) is 3.57. The van der Waals surface area contributed by atoms with Gasteiger partial charge in [0.25, 0.3) is 5.91 Å². The summed E-state index contributed by atoms with van der Waals surface area (Å²) in [4.78, 5) is 12.0. The van der Waals surface area contributed by atoms with Crippen LogP contribution in [0.1, 0.15) is 22.5 Å². The Hall–Kier alpha value is -3.46. The summed E-state index contributed by atoms with van der Waals surface area (Å²) in [5.41, 5.74) is 5.05. The SMILES string of the molecule is COc1ccc(Cl)cc1-n1c(C)cc(/C=N\NC(=O)CNc2cccc(C(F)(F)F)c2)c1C. The van der Waals surface area contributed by atoms with E-state index in [0.717, 1.165) is 34.8 Å². The number of benzene rings is 2. The van der Waals surface area contributed by atoms with E-state index in [1.54, 1.807) is 25.3 Å². The monoisotopic (exact) mass is 478 g/mol. The summed E-state index contributed by atoms with van der Waals surface area (Å²) in [5.74, 6) is 0.146. The van der Waals surface area contributed by atoms with Crippen molar-refractivity contribution in [3.63, 3.8) is 0 Å². The van der Waals surface area contributed by atoms with Gasteiger partial charge in [0.15, 0.2) is 0 Å². The van der Waals surface area contributed by atoms with E-state index in [4.69, 9.17) is 16.3 Å². The number of hydrogen-bond acceptors (Lipinski definition) is 4. The third-order valence-corrected chi connectivity index (χ3v) is 5.12. The number of anilines is 1. The van der Waals surface area contributed by atoms with Gasteiger partial charge in [-0.25, -0.2) is 5.43 Å². The van der Waals surface area contributed by atoms with Crippen LogP contribution in [0, 0.1) is 13.8 Å². The van der Waals surface area contributed by atoms with Crippen molar-refractivity contribution >= 4 is 29.4 Å². The number of nitrogens with one attached hydrogen (secondary N) is 2. The van der Waals surface area contributed by atoms with Crippen molar-refractivity contribution in [1.29, 1.82) is 0 Å². The molecule has 0 atom stereocenters. The maximum atomic E-state index is 12.8. The summed E-state index contributed by atoms with van der Waals surface area (Å²) in [7, 11) is 1.58. The Morgan fingerprint density at radius 1 is 1.18 bits per heavy atom. The normalized spacial score (nSPS) is 11.6. The lowest BCUT2D eigenvalue weighted by Gasteiger charge is -2.14. The zero-order valence-electron chi connectivity index (χ0n) is 18.1. The number of aromatic nitrogens is 1. The smallest absolute Gasteiger partial charge is 0.416 e. The van der Waals surface area contributed by atoms with Crippen LogP contribution < -0.4 is 15.5 Å². The second-order valence-corrected chi connectivity index (χ2v) is 7.64. The lowest BCUT2D eigenvalue weighted by molar-refractivity contribution is -0.137. The van der Waals surface area contributed by atoms with Crippen LogP contribution in [-0.4, -0.2) is 30.3 Å². The van der Waals surface area contributed by atoms with Crippen molar-refractivity contribution in [2.75, 3.05) is 19.0 Å². The summed E-state index contributed by atoms with van der Waals surface area (Å²) < 4.78 is 45.8. The number of amides is 1. The maximum Gasteiger partial charge on any atom is 0.416 e. The molecule has 0 unspecified atom stereocenters. The summed E-state index contributed by atoms with van der Waals surface area (Å²) in [6, 6.07) is 11.8. The Bertz CT molecular complexity index is 1190. The van der Waals surface area contributed by atoms with Crippen LogP contribution in [0.15, 0.2) is 53.6 Å². The average Bonchev–Trinajstić information content (AvgIpc) is 3.04. The number of carbonyl (C=O) groups is 1. The first kappa shape index (κ1) is 24.2. The topological polar surface area (TPSA) is 67.6 Å².